The average Bonchev–Trinajstić information content (AvgIpc) is 3.36. The van der Waals surface area contributed by atoms with Crippen molar-refractivity contribution in [3.05, 3.63) is 62.7 Å². The third-order valence-corrected chi connectivity index (χ3v) is 9.14. The number of thiophene rings is 1. The number of rotatable bonds is 5. The second-order valence-corrected chi connectivity index (χ2v) is 11.1. The first-order valence-electron chi connectivity index (χ1n) is 9.63. The summed E-state index contributed by atoms with van der Waals surface area (Å²) in [5.41, 5.74) is 0.980. The van der Waals surface area contributed by atoms with Crippen LogP contribution in [0.1, 0.15) is 15.4 Å². The summed E-state index contributed by atoms with van der Waals surface area (Å²) in [7, 11) is -2.04. The Labute approximate surface area is 188 Å². The lowest BCUT2D eigenvalue weighted by atomic mass is 10.3. The van der Waals surface area contributed by atoms with Crippen molar-refractivity contribution in [2.45, 2.75) is 11.8 Å². The average molecular weight is 479 g/mol. The number of nitrogens with zero attached hydrogens (tertiary/aromatic N) is 3. The van der Waals surface area contributed by atoms with Crippen LogP contribution in [0.4, 0.5) is 5.69 Å². The summed E-state index contributed by atoms with van der Waals surface area (Å²) in [4.78, 5) is 26.2. The molecular weight excluding hydrogens is 456 g/mol. The summed E-state index contributed by atoms with van der Waals surface area (Å²) < 4.78 is 30.7. The zero-order valence-corrected chi connectivity index (χ0v) is 19.5. The van der Waals surface area contributed by atoms with Gasteiger partial charge in [-0.05, 0) is 30.5 Å². The van der Waals surface area contributed by atoms with Crippen molar-refractivity contribution in [3.8, 4) is 5.69 Å². The molecule has 31 heavy (non-hydrogen) atoms. The molecule has 3 aromatic rings. The summed E-state index contributed by atoms with van der Waals surface area (Å²) in [5, 5.41) is 4.24. The molecule has 0 bridgehead atoms. The Bertz CT molecular complexity index is 1270. The van der Waals surface area contributed by atoms with Gasteiger partial charge in [0.1, 0.15) is 15.5 Å². The highest BCUT2D eigenvalue weighted by atomic mass is 32.2. The molecule has 1 fully saturated rings. The summed E-state index contributed by atoms with van der Waals surface area (Å²) in [6.45, 7) is 2.57. The fourth-order valence-corrected chi connectivity index (χ4v) is 7.35. The maximum atomic E-state index is 13.1. The lowest BCUT2D eigenvalue weighted by Crippen LogP contribution is -2.38. The van der Waals surface area contributed by atoms with Gasteiger partial charge in [-0.25, -0.2) is 13.1 Å². The molecule has 11 heteroatoms. The molecule has 0 atom stereocenters. The van der Waals surface area contributed by atoms with E-state index in [1.807, 2.05) is 18.2 Å². The Morgan fingerprint density at radius 2 is 1.77 bits per heavy atom. The van der Waals surface area contributed by atoms with Crippen LogP contribution in [0, 0.1) is 6.92 Å². The second-order valence-electron chi connectivity index (χ2n) is 7.02. The molecule has 4 rings (SSSR count). The maximum Gasteiger partial charge on any atom is 0.295 e. The molecule has 2 aromatic heterocycles. The topological polar surface area (TPSA) is 93.4 Å². The van der Waals surface area contributed by atoms with Crippen LogP contribution in [0.3, 0.4) is 0 Å². The molecule has 1 saturated heterocycles. The predicted molar refractivity (Wildman–Crippen MR) is 124 cm³/mol. The number of sulfonamides is 1. The number of carbonyl (C=O) groups is 1. The Morgan fingerprint density at radius 3 is 2.45 bits per heavy atom. The maximum absolute atomic E-state index is 13.1. The number of anilines is 1. The van der Waals surface area contributed by atoms with Crippen molar-refractivity contribution in [1.29, 1.82) is 0 Å². The quantitative estimate of drug-likeness (QED) is 0.608. The van der Waals surface area contributed by atoms with Gasteiger partial charge in [-0.1, -0.05) is 18.2 Å². The van der Waals surface area contributed by atoms with Crippen molar-refractivity contribution < 1.29 is 13.2 Å². The van der Waals surface area contributed by atoms with Crippen LogP contribution in [-0.2, 0) is 17.1 Å². The normalized spacial score (nSPS) is 15.2. The minimum Gasteiger partial charge on any atom is -0.315 e. The van der Waals surface area contributed by atoms with Crippen LogP contribution in [0.25, 0.3) is 5.69 Å². The van der Waals surface area contributed by atoms with Gasteiger partial charge in [0.05, 0.1) is 11.4 Å². The van der Waals surface area contributed by atoms with E-state index in [-0.39, 0.29) is 21.0 Å². The van der Waals surface area contributed by atoms with E-state index in [1.165, 1.54) is 15.1 Å². The fraction of sp³-hybridized carbons (Fsp3) is 0.300. The molecule has 1 aromatic carbocycles. The smallest absolute Gasteiger partial charge is 0.295 e. The number of carbonyl (C=O) groups excluding carboxylic acids is 1. The number of aromatic nitrogens is 2. The van der Waals surface area contributed by atoms with Gasteiger partial charge in [-0.15, -0.1) is 11.3 Å². The van der Waals surface area contributed by atoms with Crippen LogP contribution < -0.4 is 10.9 Å². The van der Waals surface area contributed by atoms with Crippen molar-refractivity contribution in [2.75, 3.05) is 29.9 Å². The van der Waals surface area contributed by atoms with Gasteiger partial charge in [0.2, 0.25) is 10.0 Å². The first-order valence-corrected chi connectivity index (χ1v) is 13.1. The van der Waals surface area contributed by atoms with Gasteiger partial charge in [-0.3, -0.25) is 14.3 Å². The zero-order chi connectivity index (χ0) is 22.2. The van der Waals surface area contributed by atoms with Gasteiger partial charge in [0.15, 0.2) is 0 Å². The minimum atomic E-state index is -3.77. The summed E-state index contributed by atoms with van der Waals surface area (Å²) in [6, 6.07) is 10.6. The van der Waals surface area contributed by atoms with E-state index in [0.29, 0.717) is 24.5 Å². The largest absolute Gasteiger partial charge is 0.315 e. The van der Waals surface area contributed by atoms with E-state index in [9.17, 15) is 18.0 Å². The Morgan fingerprint density at radius 1 is 1.10 bits per heavy atom. The lowest BCUT2D eigenvalue weighted by Gasteiger charge is -2.25. The van der Waals surface area contributed by atoms with E-state index >= 15 is 0 Å². The molecule has 1 aliphatic heterocycles. The monoisotopic (exact) mass is 478 g/mol. The molecule has 0 unspecified atom stereocenters. The summed E-state index contributed by atoms with van der Waals surface area (Å²) in [6.07, 6.45) is 0. The van der Waals surface area contributed by atoms with E-state index in [1.54, 1.807) is 47.9 Å². The molecular formula is C20H22N4O4S3. The standard InChI is InChI=1S/C20H22N4O4S3/c1-14-17(20(26)24(22(14)2)15-6-4-3-5-7-15)21-19(25)18-16(8-11-30-18)31(27,28)23-9-12-29-13-10-23/h3-8,11H,9-10,12-13H2,1-2H3,(H,21,25). The molecule has 0 saturated carbocycles. The van der Waals surface area contributed by atoms with E-state index < -0.39 is 15.9 Å². The van der Waals surface area contributed by atoms with Crippen LogP contribution in [0.15, 0.2) is 51.5 Å². The number of thioether (sulfide) groups is 1. The number of hydrogen-bond donors (Lipinski definition) is 1. The van der Waals surface area contributed by atoms with E-state index in [2.05, 4.69) is 5.32 Å². The van der Waals surface area contributed by atoms with Crippen LogP contribution >= 0.6 is 23.1 Å². The van der Waals surface area contributed by atoms with Crippen LogP contribution in [-0.4, -0.2) is 52.6 Å². The van der Waals surface area contributed by atoms with E-state index in [4.69, 9.17) is 0 Å². The summed E-state index contributed by atoms with van der Waals surface area (Å²) >= 11 is 2.76. The third kappa shape index (κ3) is 3.98. The molecule has 1 amide bonds. The van der Waals surface area contributed by atoms with Crippen molar-refractivity contribution in [2.24, 2.45) is 7.05 Å². The molecule has 1 aliphatic rings. The zero-order valence-electron chi connectivity index (χ0n) is 17.1. The molecule has 8 nitrogen and oxygen atoms in total. The van der Waals surface area contributed by atoms with Gasteiger partial charge < -0.3 is 5.32 Å². The molecule has 0 radical (unpaired) electrons. The highest BCUT2D eigenvalue weighted by Crippen LogP contribution is 2.28. The van der Waals surface area contributed by atoms with Gasteiger partial charge in [0, 0.05) is 31.6 Å². The third-order valence-electron chi connectivity index (χ3n) is 5.22. The molecule has 164 valence electrons. The Balaban J connectivity index is 1.67. The number of nitrogens with one attached hydrogen (secondary N) is 1. The first kappa shape index (κ1) is 21.9. The number of amides is 1. The van der Waals surface area contributed by atoms with Crippen molar-refractivity contribution in [3.63, 3.8) is 0 Å². The Hall–Kier alpha value is -2.34. The lowest BCUT2D eigenvalue weighted by molar-refractivity contribution is 0.102. The molecule has 0 aliphatic carbocycles. The van der Waals surface area contributed by atoms with Gasteiger partial charge in [-0.2, -0.15) is 16.1 Å². The summed E-state index contributed by atoms with van der Waals surface area (Å²) in [5.74, 6) is 0.853. The second kappa shape index (κ2) is 8.65. The first-order chi connectivity index (χ1) is 14.8. The van der Waals surface area contributed by atoms with Crippen molar-refractivity contribution in [1.82, 2.24) is 13.7 Å². The highest BCUT2D eigenvalue weighted by molar-refractivity contribution is 7.99. The predicted octanol–water partition coefficient (Wildman–Crippen LogP) is 2.54. The molecule has 3 heterocycles. The highest BCUT2D eigenvalue weighted by Gasteiger charge is 2.31. The molecule has 0 spiro atoms. The van der Waals surface area contributed by atoms with Crippen LogP contribution in [0.5, 0.6) is 0 Å². The Kier molecular flexibility index (Phi) is 6.11. The fourth-order valence-electron chi connectivity index (χ4n) is 3.47. The van der Waals surface area contributed by atoms with Crippen molar-refractivity contribution >= 4 is 44.7 Å². The van der Waals surface area contributed by atoms with Gasteiger partial charge in [0.25, 0.3) is 11.5 Å². The van der Waals surface area contributed by atoms with E-state index in [0.717, 1.165) is 22.8 Å². The molecule has 1 N–H and O–H groups in total. The van der Waals surface area contributed by atoms with Gasteiger partial charge >= 0.3 is 0 Å². The minimum absolute atomic E-state index is 0.0149. The number of para-hydroxylation sites is 1. The number of hydrogen-bond acceptors (Lipinski definition) is 6. The number of benzene rings is 1. The van der Waals surface area contributed by atoms with Crippen LogP contribution in [0.2, 0.25) is 0 Å². The SMILES string of the molecule is Cc1c(NC(=O)c2sccc2S(=O)(=O)N2CCSCC2)c(=O)n(-c2ccccc2)n1C.